The van der Waals surface area contributed by atoms with Gasteiger partial charge in [-0.1, -0.05) is 72.4 Å². The van der Waals surface area contributed by atoms with Gasteiger partial charge in [0.15, 0.2) is 11.0 Å². The monoisotopic (exact) mass is 454 g/mol. The molecule has 0 unspecified atom stereocenters. The zero-order chi connectivity index (χ0) is 22.8. The number of benzene rings is 3. The molecular weight excluding hydrogens is 432 g/mol. The fourth-order valence-corrected chi connectivity index (χ4v) is 4.81. The Hall–Kier alpha value is -3.78. The molecule has 0 bridgehead atoms. The second-order valence-corrected chi connectivity index (χ2v) is 8.77. The summed E-state index contributed by atoms with van der Waals surface area (Å²) >= 11 is 1.46. The Morgan fingerprint density at radius 3 is 2.39 bits per heavy atom. The molecule has 0 fully saturated rings. The lowest BCUT2D eigenvalue weighted by molar-refractivity contribution is 0.657. The highest BCUT2D eigenvalue weighted by molar-refractivity contribution is 7.98. The van der Waals surface area contributed by atoms with Crippen molar-refractivity contribution in [1.29, 1.82) is 0 Å². The van der Waals surface area contributed by atoms with Crippen molar-refractivity contribution in [3.63, 3.8) is 0 Å². The summed E-state index contributed by atoms with van der Waals surface area (Å²) in [5.74, 6) is 1.17. The predicted octanol–water partition coefficient (Wildman–Crippen LogP) is 4.33. The Labute approximate surface area is 195 Å². The van der Waals surface area contributed by atoms with E-state index in [-0.39, 0.29) is 5.56 Å². The maximum absolute atomic E-state index is 13.4. The minimum absolute atomic E-state index is 0.0544. The van der Waals surface area contributed by atoms with Gasteiger partial charge in [-0.05, 0) is 53.1 Å². The van der Waals surface area contributed by atoms with Crippen LogP contribution in [0.1, 0.15) is 22.5 Å². The number of para-hydroxylation sites is 2. The number of hydrogen-bond donors (Lipinski definition) is 0. The SMILES string of the molecule is Cc1cccc(C)c1-n1nnnc1CSc1nc2ccccc2c(=O)n1Cc1ccccc1. The van der Waals surface area contributed by atoms with Crippen LogP contribution in [0.4, 0.5) is 0 Å². The number of fused-ring (bicyclic) bond motifs is 1. The summed E-state index contributed by atoms with van der Waals surface area (Å²) in [5.41, 5.74) is 4.84. The van der Waals surface area contributed by atoms with Gasteiger partial charge in [0.2, 0.25) is 0 Å². The van der Waals surface area contributed by atoms with Crippen molar-refractivity contribution in [3.05, 3.63) is 106 Å². The van der Waals surface area contributed by atoms with Gasteiger partial charge in [0.25, 0.3) is 5.56 Å². The Morgan fingerprint density at radius 1 is 0.879 bits per heavy atom. The van der Waals surface area contributed by atoms with E-state index in [1.54, 1.807) is 9.25 Å². The quantitative estimate of drug-likeness (QED) is 0.281. The van der Waals surface area contributed by atoms with E-state index < -0.39 is 0 Å². The summed E-state index contributed by atoms with van der Waals surface area (Å²) in [4.78, 5) is 18.2. The van der Waals surface area contributed by atoms with Crippen LogP contribution in [0, 0.1) is 13.8 Å². The third-order valence-corrected chi connectivity index (χ3v) is 6.50. The minimum Gasteiger partial charge on any atom is -0.283 e. The lowest BCUT2D eigenvalue weighted by Crippen LogP contribution is -2.24. The summed E-state index contributed by atoms with van der Waals surface area (Å²) < 4.78 is 3.51. The summed E-state index contributed by atoms with van der Waals surface area (Å²) in [7, 11) is 0. The molecule has 7 nitrogen and oxygen atoms in total. The molecule has 33 heavy (non-hydrogen) atoms. The first-order chi connectivity index (χ1) is 16.1. The van der Waals surface area contributed by atoms with Crippen molar-refractivity contribution in [2.45, 2.75) is 31.3 Å². The van der Waals surface area contributed by atoms with Crippen molar-refractivity contribution >= 4 is 22.7 Å². The molecule has 0 atom stereocenters. The molecule has 164 valence electrons. The molecule has 0 saturated carbocycles. The number of tetrazole rings is 1. The molecule has 0 spiro atoms. The van der Waals surface area contributed by atoms with E-state index in [0.717, 1.165) is 22.4 Å². The molecular formula is C25H22N6OS. The molecule has 0 amide bonds. The predicted molar refractivity (Wildman–Crippen MR) is 130 cm³/mol. The topological polar surface area (TPSA) is 78.5 Å². The zero-order valence-electron chi connectivity index (χ0n) is 18.3. The van der Waals surface area contributed by atoms with Crippen LogP contribution in [-0.4, -0.2) is 29.8 Å². The highest BCUT2D eigenvalue weighted by atomic mass is 32.2. The maximum atomic E-state index is 13.4. The third-order valence-electron chi connectivity index (χ3n) is 5.53. The number of nitrogens with zero attached hydrogens (tertiary/aromatic N) is 6. The first kappa shape index (κ1) is 21.1. The highest BCUT2D eigenvalue weighted by Gasteiger charge is 2.16. The van der Waals surface area contributed by atoms with Crippen molar-refractivity contribution in [3.8, 4) is 5.69 Å². The number of hydrogen-bond acceptors (Lipinski definition) is 6. The van der Waals surface area contributed by atoms with E-state index in [4.69, 9.17) is 4.98 Å². The summed E-state index contributed by atoms with van der Waals surface area (Å²) in [6.45, 7) is 4.54. The van der Waals surface area contributed by atoms with E-state index in [2.05, 4.69) is 15.5 Å². The smallest absolute Gasteiger partial charge is 0.262 e. The largest absolute Gasteiger partial charge is 0.283 e. The van der Waals surface area contributed by atoms with Crippen LogP contribution in [0.5, 0.6) is 0 Å². The molecule has 0 radical (unpaired) electrons. The first-order valence-electron chi connectivity index (χ1n) is 10.6. The van der Waals surface area contributed by atoms with E-state index >= 15 is 0 Å². The average Bonchev–Trinajstić information content (AvgIpc) is 3.28. The Kier molecular flexibility index (Phi) is 5.75. The van der Waals surface area contributed by atoms with Crippen LogP contribution in [-0.2, 0) is 12.3 Å². The van der Waals surface area contributed by atoms with Crippen LogP contribution in [0.15, 0.2) is 82.7 Å². The minimum atomic E-state index is -0.0544. The van der Waals surface area contributed by atoms with Crippen molar-refractivity contribution in [1.82, 2.24) is 29.8 Å². The number of aryl methyl sites for hydroxylation is 2. The van der Waals surface area contributed by atoms with Crippen LogP contribution in [0.25, 0.3) is 16.6 Å². The molecule has 8 heteroatoms. The van der Waals surface area contributed by atoms with Gasteiger partial charge in [-0.2, -0.15) is 4.68 Å². The summed E-state index contributed by atoms with van der Waals surface area (Å²) in [6.07, 6.45) is 0. The lowest BCUT2D eigenvalue weighted by atomic mass is 10.1. The standard InChI is InChI=1S/C25H22N6OS/c1-17-9-8-10-18(2)23(17)31-22(27-28-29-31)16-33-25-26-21-14-7-6-13-20(21)24(32)30(25)15-19-11-4-3-5-12-19/h3-14H,15-16H2,1-2H3. The summed E-state index contributed by atoms with van der Waals surface area (Å²) in [6, 6.07) is 23.5. The molecule has 0 aliphatic carbocycles. The van der Waals surface area contributed by atoms with Crippen LogP contribution in [0.3, 0.4) is 0 Å². The van der Waals surface area contributed by atoms with Crippen LogP contribution in [0.2, 0.25) is 0 Å². The lowest BCUT2D eigenvalue weighted by Gasteiger charge is -2.14. The van der Waals surface area contributed by atoms with Gasteiger partial charge in [0, 0.05) is 0 Å². The Balaban J connectivity index is 1.53. The molecule has 0 N–H and O–H groups in total. The number of rotatable bonds is 6. The maximum Gasteiger partial charge on any atom is 0.262 e. The van der Waals surface area contributed by atoms with Crippen LogP contribution >= 0.6 is 11.8 Å². The van der Waals surface area contributed by atoms with Crippen molar-refractivity contribution < 1.29 is 0 Å². The van der Waals surface area contributed by atoms with E-state index in [9.17, 15) is 4.79 Å². The van der Waals surface area contributed by atoms with Gasteiger partial charge in [0.1, 0.15) is 0 Å². The summed E-state index contributed by atoms with van der Waals surface area (Å²) in [5, 5.41) is 13.6. The second kappa shape index (κ2) is 8.99. The molecule has 5 aromatic rings. The van der Waals surface area contributed by atoms with Crippen molar-refractivity contribution in [2.75, 3.05) is 0 Å². The molecule has 0 aliphatic heterocycles. The first-order valence-corrected chi connectivity index (χ1v) is 11.6. The molecule has 2 heterocycles. The van der Waals surface area contributed by atoms with E-state index in [0.29, 0.717) is 34.2 Å². The fourth-order valence-electron chi connectivity index (χ4n) is 3.90. The van der Waals surface area contributed by atoms with Gasteiger partial charge in [-0.3, -0.25) is 9.36 Å². The zero-order valence-corrected chi connectivity index (χ0v) is 19.2. The molecule has 5 rings (SSSR count). The average molecular weight is 455 g/mol. The Bertz CT molecular complexity index is 1470. The Morgan fingerprint density at radius 2 is 1.61 bits per heavy atom. The third kappa shape index (κ3) is 4.17. The highest BCUT2D eigenvalue weighted by Crippen LogP contribution is 2.25. The molecule has 2 aromatic heterocycles. The van der Waals surface area contributed by atoms with Gasteiger partial charge in [-0.25, -0.2) is 4.98 Å². The second-order valence-electron chi connectivity index (χ2n) is 7.82. The van der Waals surface area contributed by atoms with Gasteiger partial charge < -0.3 is 0 Å². The molecule has 3 aromatic carbocycles. The van der Waals surface area contributed by atoms with E-state index in [1.165, 1.54) is 11.8 Å². The van der Waals surface area contributed by atoms with Crippen LogP contribution < -0.4 is 5.56 Å². The molecule has 0 saturated heterocycles. The van der Waals surface area contributed by atoms with Gasteiger partial charge >= 0.3 is 0 Å². The van der Waals surface area contributed by atoms with Crippen molar-refractivity contribution in [2.24, 2.45) is 0 Å². The normalized spacial score (nSPS) is 11.2. The number of thioether (sulfide) groups is 1. The number of aromatic nitrogens is 6. The fraction of sp³-hybridized carbons (Fsp3) is 0.160. The molecule has 0 aliphatic rings. The van der Waals surface area contributed by atoms with E-state index in [1.807, 2.05) is 86.6 Å². The van der Waals surface area contributed by atoms with Gasteiger partial charge in [0.05, 0.1) is 28.9 Å². The van der Waals surface area contributed by atoms with Gasteiger partial charge in [-0.15, -0.1) is 5.10 Å².